The minimum atomic E-state index is 0.135. The van der Waals surface area contributed by atoms with Crippen molar-refractivity contribution in [1.29, 1.82) is 0 Å². The third kappa shape index (κ3) is 4.03. The summed E-state index contributed by atoms with van der Waals surface area (Å²) in [6.07, 6.45) is 4.54. The van der Waals surface area contributed by atoms with Gasteiger partial charge in [0.1, 0.15) is 11.9 Å². The Labute approximate surface area is 177 Å². The molecule has 0 aliphatic rings. The zero-order valence-corrected chi connectivity index (χ0v) is 19.7. The number of para-hydroxylation sites is 1. The molecule has 0 aliphatic carbocycles. The number of benzene rings is 2. The van der Waals surface area contributed by atoms with Crippen LogP contribution in [0.4, 0.5) is 0 Å². The molecular formula is C27H37N2+. The van der Waals surface area contributed by atoms with E-state index in [1.54, 1.807) is 0 Å². The molecule has 0 atom stereocenters. The molecule has 0 fully saturated rings. The molecule has 0 N–H and O–H groups in total. The normalized spacial score (nSPS) is 12.2. The maximum atomic E-state index is 2.34. The second kappa shape index (κ2) is 7.82. The number of rotatable bonds is 4. The van der Waals surface area contributed by atoms with E-state index >= 15 is 0 Å². The maximum Gasteiger partial charge on any atom is 0.249 e. The smallest absolute Gasteiger partial charge is 0.232 e. The molecule has 0 saturated heterocycles. The van der Waals surface area contributed by atoms with Gasteiger partial charge in [0.05, 0.1) is 7.05 Å². The molecule has 1 aromatic heterocycles. The van der Waals surface area contributed by atoms with Crippen molar-refractivity contribution in [3.05, 3.63) is 71.2 Å². The average Bonchev–Trinajstić information content (AvgIpc) is 3.01. The zero-order chi connectivity index (χ0) is 21.5. The van der Waals surface area contributed by atoms with Crippen molar-refractivity contribution in [1.82, 2.24) is 4.57 Å². The Morgan fingerprint density at radius 3 is 1.93 bits per heavy atom. The summed E-state index contributed by atoms with van der Waals surface area (Å²) in [5, 5.41) is 0. The van der Waals surface area contributed by atoms with Crippen molar-refractivity contribution in [2.24, 2.45) is 7.05 Å². The highest BCUT2D eigenvalue weighted by molar-refractivity contribution is 5.65. The molecule has 3 rings (SSSR count). The molecule has 0 unspecified atom stereocenters. The van der Waals surface area contributed by atoms with Gasteiger partial charge in [-0.2, -0.15) is 0 Å². The monoisotopic (exact) mass is 389 g/mol. The fourth-order valence-corrected chi connectivity index (χ4v) is 4.42. The lowest BCUT2D eigenvalue weighted by atomic mass is 9.82. The van der Waals surface area contributed by atoms with E-state index in [0.717, 1.165) is 0 Å². The van der Waals surface area contributed by atoms with Crippen LogP contribution in [0.15, 0.2) is 48.9 Å². The van der Waals surface area contributed by atoms with E-state index < -0.39 is 0 Å². The first-order chi connectivity index (χ1) is 13.5. The van der Waals surface area contributed by atoms with E-state index in [1.165, 1.54) is 39.2 Å². The number of hydrogen-bond donors (Lipinski definition) is 0. The third-order valence-corrected chi connectivity index (χ3v) is 5.96. The van der Waals surface area contributed by atoms with Crippen molar-refractivity contribution in [3.8, 4) is 16.9 Å². The van der Waals surface area contributed by atoms with Gasteiger partial charge >= 0.3 is 0 Å². The van der Waals surface area contributed by atoms with Gasteiger partial charge in [-0.1, -0.05) is 84.9 Å². The molecule has 0 amide bonds. The lowest BCUT2D eigenvalue weighted by Gasteiger charge is -2.22. The molecule has 154 valence electrons. The van der Waals surface area contributed by atoms with Gasteiger partial charge in [-0.25, -0.2) is 9.13 Å². The predicted molar refractivity (Wildman–Crippen MR) is 124 cm³/mol. The van der Waals surface area contributed by atoms with Gasteiger partial charge in [-0.05, 0) is 35.3 Å². The molecular weight excluding hydrogens is 352 g/mol. The summed E-state index contributed by atoms with van der Waals surface area (Å²) in [7, 11) is 2.15. The van der Waals surface area contributed by atoms with E-state index in [1.807, 2.05) is 0 Å². The molecule has 0 radical (unpaired) electrons. The van der Waals surface area contributed by atoms with E-state index in [9.17, 15) is 0 Å². The summed E-state index contributed by atoms with van der Waals surface area (Å²) in [6.45, 7) is 18.3. The van der Waals surface area contributed by atoms with Crippen LogP contribution in [0, 0.1) is 6.92 Å². The standard InChI is InChI=1S/C27H37N2/c1-18(2)21-12-10-13-22(19(3)4)26(21)29-16-25(28(9)17-29)23-14-11-15-24(20(23)5)27(6,7)8/h10-19H,1-9H3/q+1. The number of nitrogens with zero attached hydrogens (tertiary/aromatic N) is 2. The van der Waals surface area contributed by atoms with Gasteiger partial charge in [0, 0.05) is 16.7 Å². The van der Waals surface area contributed by atoms with Gasteiger partial charge in [0.25, 0.3) is 0 Å². The lowest BCUT2D eigenvalue weighted by Crippen LogP contribution is -2.31. The second-order valence-corrected chi connectivity index (χ2v) is 9.97. The minimum absolute atomic E-state index is 0.135. The second-order valence-electron chi connectivity index (χ2n) is 9.97. The SMILES string of the molecule is Cc1c(-c2c[n+](-c3c(C(C)C)cccc3C(C)C)cn2C)cccc1C(C)(C)C. The van der Waals surface area contributed by atoms with Gasteiger partial charge < -0.3 is 0 Å². The Morgan fingerprint density at radius 2 is 1.41 bits per heavy atom. The molecule has 0 saturated carbocycles. The van der Waals surface area contributed by atoms with Gasteiger partial charge in [-0.3, -0.25) is 0 Å². The highest BCUT2D eigenvalue weighted by Crippen LogP contribution is 2.33. The lowest BCUT2D eigenvalue weighted by molar-refractivity contribution is -0.596. The zero-order valence-electron chi connectivity index (χ0n) is 19.7. The van der Waals surface area contributed by atoms with Crippen LogP contribution in [0.5, 0.6) is 0 Å². The molecule has 2 aromatic carbocycles. The van der Waals surface area contributed by atoms with E-state index in [4.69, 9.17) is 0 Å². The van der Waals surface area contributed by atoms with E-state index in [2.05, 4.69) is 120 Å². The Hall–Kier alpha value is -2.35. The fourth-order valence-electron chi connectivity index (χ4n) is 4.42. The van der Waals surface area contributed by atoms with Crippen molar-refractivity contribution < 1.29 is 4.57 Å². The van der Waals surface area contributed by atoms with Crippen LogP contribution in [0.1, 0.15) is 82.6 Å². The minimum Gasteiger partial charge on any atom is -0.232 e. The van der Waals surface area contributed by atoms with Crippen LogP contribution < -0.4 is 4.57 Å². The van der Waals surface area contributed by atoms with Crippen molar-refractivity contribution in [2.45, 2.75) is 72.6 Å². The van der Waals surface area contributed by atoms with E-state index in [0.29, 0.717) is 11.8 Å². The van der Waals surface area contributed by atoms with Crippen LogP contribution in [0.25, 0.3) is 16.9 Å². The summed E-state index contributed by atoms with van der Waals surface area (Å²) in [5.74, 6) is 0.955. The summed E-state index contributed by atoms with van der Waals surface area (Å²) < 4.78 is 4.60. The number of hydrogen-bond acceptors (Lipinski definition) is 0. The fraction of sp³-hybridized carbons (Fsp3) is 0.444. The summed E-state index contributed by atoms with van der Waals surface area (Å²) >= 11 is 0. The Kier molecular flexibility index (Phi) is 5.76. The highest BCUT2D eigenvalue weighted by atomic mass is 15.1. The number of aryl methyl sites for hydroxylation is 1. The van der Waals surface area contributed by atoms with Gasteiger partial charge in [0.2, 0.25) is 6.33 Å². The van der Waals surface area contributed by atoms with Crippen LogP contribution in [0.3, 0.4) is 0 Å². The summed E-state index contributed by atoms with van der Waals surface area (Å²) in [6, 6.07) is 13.5. The molecule has 3 aromatic rings. The van der Waals surface area contributed by atoms with Crippen LogP contribution in [0.2, 0.25) is 0 Å². The molecule has 29 heavy (non-hydrogen) atoms. The first-order valence-electron chi connectivity index (χ1n) is 10.8. The van der Waals surface area contributed by atoms with Gasteiger partial charge in [-0.15, -0.1) is 0 Å². The molecule has 2 heteroatoms. The summed E-state index contributed by atoms with van der Waals surface area (Å²) in [4.78, 5) is 0. The first kappa shape index (κ1) is 21.4. The van der Waals surface area contributed by atoms with Crippen LogP contribution in [-0.2, 0) is 12.5 Å². The van der Waals surface area contributed by atoms with Gasteiger partial charge in [0.15, 0.2) is 5.69 Å². The number of imidazole rings is 1. The molecule has 2 nitrogen and oxygen atoms in total. The highest BCUT2D eigenvalue weighted by Gasteiger charge is 2.24. The van der Waals surface area contributed by atoms with Crippen molar-refractivity contribution in [2.75, 3.05) is 0 Å². The molecule has 1 heterocycles. The van der Waals surface area contributed by atoms with Crippen molar-refractivity contribution >= 4 is 0 Å². The van der Waals surface area contributed by atoms with Crippen molar-refractivity contribution in [3.63, 3.8) is 0 Å². The Bertz CT molecular complexity index is 987. The Morgan fingerprint density at radius 1 is 0.862 bits per heavy atom. The quantitative estimate of drug-likeness (QED) is 0.433. The largest absolute Gasteiger partial charge is 0.249 e. The first-order valence-corrected chi connectivity index (χ1v) is 10.8. The average molecular weight is 390 g/mol. The molecule has 0 aliphatic heterocycles. The van der Waals surface area contributed by atoms with Crippen LogP contribution in [-0.4, -0.2) is 4.57 Å². The maximum absolute atomic E-state index is 2.34. The Balaban J connectivity index is 2.23. The summed E-state index contributed by atoms with van der Waals surface area (Å²) in [5.41, 5.74) is 9.62. The van der Waals surface area contributed by atoms with E-state index in [-0.39, 0.29) is 5.41 Å². The molecule has 0 bridgehead atoms. The molecule has 0 spiro atoms. The van der Waals surface area contributed by atoms with Crippen LogP contribution >= 0.6 is 0 Å². The third-order valence-electron chi connectivity index (χ3n) is 5.96. The number of aromatic nitrogens is 2. The predicted octanol–water partition coefficient (Wildman–Crippen LogP) is 6.82. The topological polar surface area (TPSA) is 8.81 Å².